The Bertz CT molecular complexity index is 345. The van der Waals surface area contributed by atoms with Crippen LogP contribution in [0.1, 0.15) is 84.0 Å². The Morgan fingerprint density at radius 3 is 2.14 bits per heavy atom. The molecule has 0 aromatic carbocycles. The Balaban J connectivity index is 1.94. The summed E-state index contributed by atoms with van der Waals surface area (Å²) in [6.45, 7) is 2.52. The number of likely N-dealkylation sites (tertiary alicyclic amines) is 1. The van der Waals surface area contributed by atoms with Crippen molar-refractivity contribution in [2.24, 2.45) is 5.92 Å². The number of carbonyl (C=O) groups is 2. The van der Waals surface area contributed by atoms with Crippen LogP contribution < -0.4 is 0 Å². The summed E-state index contributed by atoms with van der Waals surface area (Å²) in [4.78, 5) is 26.3. The summed E-state index contributed by atoms with van der Waals surface area (Å²) in [5, 5.41) is 0. The van der Waals surface area contributed by atoms with Gasteiger partial charge in [0.15, 0.2) is 0 Å². The maximum Gasteiger partial charge on any atom is 0.223 e. The van der Waals surface area contributed by atoms with Crippen molar-refractivity contribution in [2.45, 2.75) is 90.0 Å². The van der Waals surface area contributed by atoms with Crippen LogP contribution in [0.2, 0.25) is 0 Å². The molecule has 0 N–H and O–H groups in total. The molecule has 0 radical (unpaired) electrons. The first-order chi connectivity index (χ1) is 10.2. The summed E-state index contributed by atoms with van der Waals surface area (Å²) in [5.74, 6) is 1.12. The fourth-order valence-electron chi connectivity index (χ4n) is 3.98. The molecule has 1 saturated heterocycles. The molecule has 2 rings (SSSR count). The number of amides is 1. The summed E-state index contributed by atoms with van der Waals surface area (Å²) in [5.41, 5.74) is 0. The van der Waals surface area contributed by atoms with Crippen LogP contribution in [0, 0.1) is 5.92 Å². The average Bonchev–Trinajstić information content (AvgIpc) is 2.81. The van der Waals surface area contributed by atoms with Gasteiger partial charge in [0, 0.05) is 25.4 Å². The van der Waals surface area contributed by atoms with Crippen LogP contribution in [0.3, 0.4) is 0 Å². The van der Waals surface area contributed by atoms with E-state index in [1.807, 2.05) is 0 Å². The lowest BCUT2D eigenvalue weighted by Gasteiger charge is -2.31. The van der Waals surface area contributed by atoms with E-state index in [1.165, 1.54) is 44.9 Å². The van der Waals surface area contributed by atoms with E-state index in [0.29, 0.717) is 24.7 Å². The molecule has 1 unspecified atom stereocenters. The van der Waals surface area contributed by atoms with Crippen LogP contribution in [0.5, 0.6) is 0 Å². The molecule has 120 valence electrons. The van der Waals surface area contributed by atoms with Crippen molar-refractivity contribution in [2.75, 3.05) is 6.54 Å². The number of hydrogen-bond donors (Lipinski definition) is 0. The van der Waals surface area contributed by atoms with Gasteiger partial charge in [-0.25, -0.2) is 0 Å². The van der Waals surface area contributed by atoms with Gasteiger partial charge >= 0.3 is 0 Å². The van der Waals surface area contributed by atoms with Gasteiger partial charge in [-0.2, -0.15) is 0 Å². The molecule has 3 heteroatoms. The first-order valence-corrected chi connectivity index (χ1v) is 8.95. The molecule has 3 nitrogen and oxygen atoms in total. The third-order valence-electron chi connectivity index (χ3n) is 5.16. The molecular weight excluding hydrogens is 262 g/mol. The maximum atomic E-state index is 12.7. The van der Waals surface area contributed by atoms with Gasteiger partial charge in [-0.15, -0.1) is 0 Å². The highest BCUT2D eigenvalue weighted by molar-refractivity contribution is 5.79. The topological polar surface area (TPSA) is 37.4 Å². The third-order valence-corrected chi connectivity index (χ3v) is 5.16. The zero-order chi connectivity index (χ0) is 15.1. The molecule has 0 spiro atoms. The zero-order valence-electron chi connectivity index (χ0n) is 13.6. The van der Waals surface area contributed by atoms with E-state index >= 15 is 0 Å². The highest BCUT2D eigenvalue weighted by atomic mass is 16.2. The minimum atomic E-state index is 0.170. The smallest absolute Gasteiger partial charge is 0.223 e. The fraction of sp³-hybridized carbons (Fsp3) is 0.889. The van der Waals surface area contributed by atoms with Crippen molar-refractivity contribution in [3.63, 3.8) is 0 Å². The minimum Gasteiger partial charge on any atom is -0.339 e. The Morgan fingerprint density at radius 2 is 1.48 bits per heavy atom. The molecule has 2 fully saturated rings. The molecule has 0 aromatic rings. The van der Waals surface area contributed by atoms with Crippen molar-refractivity contribution in [1.82, 2.24) is 4.90 Å². The van der Waals surface area contributed by atoms with Crippen molar-refractivity contribution < 1.29 is 9.59 Å². The molecule has 21 heavy (non-hydrogen) atoms. The lowest BCUT2D eigenvalue weighted by atomic mass is 9.95. The SMILES string of the molecule is CC(=O)CC1CCCCCN1C(=O)CC1CCCCCC1. The van der Waals surface area contributed by atoms with Crippen molar-refractivity contribution in [3.8, 4) is 0 Å². The number of carbonyl (C=O) groups excluding carboxylic acids is 2. The van der Waals surface area contributed by atoms with Gasteiger partial charge in [0.05, 0.1) is 0 Å². The van der Waals surface area contributed by atoms with E-state index in [4.69, 9.17) is 0 Å². The van der Waals surface area contributed by atoms with E-state index in [9.17, 15) is 9.59 Å². The normalized spacial score (nSPS) is 25.2. The summed E-state index contributed by atoms with van der Waals surface area (Å²) < 4.78 is 0. The first-order valence-electron chi connectivity index (χ1n) is 8.95. The van der Waals surface area contributed by atoms with Crippen LogP contribution >= 0.6 is 0 Å². The molecular formula is C18H31NO2. The predicted molar refractivity (Wildman–Crippen MR) is 85.1 cm³/mol. The van der Waals surface area contributed by atoms with Gasteiger partial charge in [0.1, 0.15) is 5.78 Å². The Morgan fingerprint density at radius 1 is 0.857 bits per heavy atom. The van der Waals surface area contributed by atoms with Crippen LogP contribution in [0.25, 0.3) is 0 Å². The first kappa shape index (κ1) is 16.5. The number of Topliss-reactive ketones (excluding diaryl/α,β-unsaturated/α-hetero) is 1. The molecule has 2 aliphatic rings. The summed E-state index contributed by atoms with van der Waals surface area (Å²) in [7, 11) is 0. The van der Waals surface area contributed by atoms with Crippen molar-refractivity contribution in [1.29, 1.82) is 0 Å². The Hall–Kier alpha value is -0.860. The van der Waals surface area contributed by atoms with Gasteiger partial charge in [0.2, 0.25) is 5.91 Å². The number of rotatable bonds is 4. The molecule has 1 aliphatic carbocycles. The lowest BCUT2D eigenvalue weighted by molar-refractivity contribution is -0.135. The second-order valence-electron chi connectivity index (χ2n) is 7.06. The zero-order valence-corrected chi connectivity index (χ0v) is 13.6. The minimum absolute atomic E-state index is 0.170. The summed E-state index contributed by atoms with van der Waals surface area (Å²) in [6.07, 6.45) is 13.4. The second-order valence-corrected chi connectivity index (χ2v) is 7.06. The average molecular weight is 293 g/mol. The van der Waals surface area contributed by atoms with E-state index in [2.05, 4.69) is 4.90 Å². The second kappa shape index (κ2) is 8.55. The summed E-state index contributed by atoms with van der Waals surface area (Å²) in [6, 6.07) is 0.170. The predicted octanol–water partition coefficient (Wildman–Crippen LogP) is 4.10. The molecule has 1 atom stereocenters. The van der Waals surface area contributed by atoms with E-state index in [1.54, 1.807) is 6.92 Å². The highest BCUT2D eigenvalue weighted by Gasteiger charge is 2.28. The number of ketones is 1. The largest absolute Gasteiger partial charge is 0.339 e. The molecule has 1 aliphatic heterocycles. The van der Waals surface area contributed by atoms with E-state index in [-0.39, 0.29) is 11.8 Å². The van der Waals surface area contributed by atoms with Crippen molar-refractivity contribution >= 4 is 11.7 Å². The lowest BCUT2D eigenvalue weighted by Crippen LogP contribution is -2.41. The summed E-state index contributed by atoms with van der Waals surface area (Å²) >= 11 is 0. The quantitative estimate of drug-likeness (QED) is 0.732. The monoisotopic (exact) mass is 293 g/mol. The maximum absolute atomic E-state index is 12.7. The van der Waals surface area contributed by atoms with Gasteiger partial charge < -0.3 is 4.90 Å². The molecule has 0 bridgehead atoms. The highest BCUT2D eigenvalue weighted by Crippen LogP contribution is 2.28. The van der Waals surface area contributed by atoms with Crippen LogP contribution in [0.4, 0.5) is 0 Å². The van der Waals surface area contributed by atoms with E-state index in [0.717, 1.165) is 25.8 Å². The van der Waals surface area contributed by atoms with E-state index < -0.39 is 0 Å². The van der Waals surface area contributed by atoms with Crippen LogP contribution in [-0.4, -0.2) is 29.2 Å². The fourth-order valence-corrected chi connectivity index (χ4v) is 3.98. The molecule has 1 heterocycles. The molecule has 1 saturated carbocycles. The standard InChI is InChI=1S/C18H31NO2/c1-15(20)13-17-11-7-4-8-12-19(17)18(21)14-16-9-5-2-3-6-10-16/h16-17H,2-14H2,1H3. The van der Waals surface area contributed by atoms with Gasteiger partial charge in [-0.05, 0) is 38.5 Å². The number of hydrogen-bond acceptors (Lipinski definition) is 2. The molecule has 1 amide bonds. The molecule has 0 aromatic heterocycles. The van der Waals surface area contributed by atoms with Crippen LogP contribution in [-0.2, 0) is 9.59 Å². The van der Waals surface area contributed by atoms with Gasteiger partial charge in [-0.3, -0.25) is 9.59 Å². The van der Waals surface area contributed by atoms with Gasteiger partial charge in [-0.1, -0.05) is 38.5 Å². The van der Waals surface area contributed by atoms with Gasteiger partial charge in [0.25, 0.3) is 0 Å². The Labute approximate surface area is 129 Å². The number of nitrogens with zero attached hydrogens (tertiary/aromatic N) is 1. The Kier molecular flexibility index (Phi) is 6.72. The van der Waals surface area contributed by atoms with Crippen LogP contribution in [0.15, 0.2) is 0 Å². The van der Waals surface area contributed by atoms with Crippen molar-refractivity contribution in [3.05, 3.63) is 0 Å². The third kappa shape index (κ3) is 5.44.